The average Bonchev–Trinajstić information content (AvgIpc) is 1.59. The SMILES string of the molecule is Cc1ccc(-c2c(C)noc2C)cc1N(CCCC1CCN(c2ccc3c(c2)C(=O)N(C2CCC(=O)NC2=O)C3)CC1)c1ccc(C2(C#N)CC2)cc1.Cc1ccc(-c2c(C)noc2C)cc1N(CCCC1CCN(c2ccc3c(c2)C(=O)N(C2CCC(=O)NC2=O)C3=O)CC1)c1ccc(C2(C#N)CC2)cc1. The Morgan fingerprint density at radius 1 is 0.495 bits per heavy atom. The predicted molar refractivity (Wildman–Crippen MR) is 406 cm³/mol. The smallest absolute Gasteiger partial charge is 0.262 e. The third-order valence-corrected chi connectivity index (χ3v) is 23.9. The lowest BCUT2D eigenvalue weighted by Crippen LogP contribution is -2.54. The second-order valence-corrected chi connectivity index (χ2v) is 30.7. The van der Waals surface area contributed by atoms with Gasteiger partial charge in [-0.05, 0) is 249 Å². The van der Waals surface area contributed by atoms with Crippen LogP contribution in [0.25, 0.3) is 22.3 Å². The summed E-state index contributed by atoms with van der Waals surface area (Å²) >= 11 is 0. The summed E-state index contributed by atoms with van der Waals surface area (Å²) in [5.41, 5.74) is 18.6. The Kier molecular flexibility index (Phi) is 19.5. The van der Waals surface area contributed by atoms with Crippen molar-refractivity contribution in [3.8, 4) is 34.4 Å². The fourth-order valence-corrected chi connectivity index (χ4v) is 17.2. The lowest BCUT2D eigenvalue weighted by atomic mass is 9.91. The average molecular weight is 1440 g/mol. The van der Waals surface area contributed by atoms with Crippen molar-refractivity contribution in [3.63, 3.8) is 0 Å². The summed E-state index contributed by atoms with van der Waals surface area (Å²) in [7, 11) is 0. The van der Waals surface area contributed by atoms with Gasteiger partial charge in [0.25, 0.3) is 17.7 Å². The third kappa shape index (κ3) is 14.1. The summed E-state index contributed by atoms with van der Waals surface area (Å²) in [6.45, 7) is 17.8. The van der Waals surface area contributed by atoms with E-state index in [2.05, 4.69) is 158 Å². The second kappa shape index (κ2) is 29.3. The molecule has 16 rings (SSSR count). The molecule has 2 atom stereocenters. The fraction of sp³-hybridized carbons (Fsp3) is 0.407. The number of carbonyl (C=O) groups excluding carboxylic acids is 7. The molecule has 2 saturated carbocycles. The summed E-state index contributed by atoms with van der Waals surface area (Å²) in [5.74, 6) is 0.0116. The molecule has 8 heterocycles. The van der Waals surface area contributed by atoms with E-state index < -0.39 is 29.8 Å². The maximum atomic E-state index is 13.4. The first-order chi connectivity index (χ1) is 51.7. The highest BCUT2D eigenvalue weighted by atomic mass is 16.5. The van der Waals surface area contributed by atoms with Crippen LogP contribution in [0.3, 0.4) is 0 Å². The van der Waals surface area contributed by atoms with Gasteiger partial charge in [-0.25, -0.2) is 0 Å². The molecule has 21 heteroatoms. The number of nitrogens with one attached hydrogen (secondary N) is 2. The van der Waals surface area contributed by atoms with E-state index in [0.717, 1.165) is 217 Å². The van der Waals surface area contributed by atoms with Crippen molar-refractivity contribution in [2.45, 2.75) is 174 Å². The molecule has 2 aliphatic carbocycles. The normalized spacial score (nSPS) is 19.5. The molecule has 6 aromatic carbocycles. The van der Waals surface area contributed by atoms with Crippen LogP contribution in [-0.4, -0.2) is 113 Å². The lowest BCUT2D eigenvalue weighted by molar-refractivity contribution is -0.138. The van der Waals surface area contributed by atoms with Crippen LogP contribution in [0.2, 0.25) is 0 Å². The molecule has 6 fully saturated rings. The Morgan fingerprint density at radius 3 is 1.36 bits per heavy atom. The summed E-state index contributed by atoms with van der Waals surface area (Å²) in [6, 6.07) is 45.3. The van der Waals surface area contributed by atoms with Crippen LogP contribution in [0.4, 0.5) is 34.1 Å². The molecule has 2 N–H and O–H groups in total. The van der Waals surface area contributed by atoms with Crippen molar-refractivity contribution in [2.24, 2.45) is 11.8 Å². The van der Waals surface area contributed by atoms with E-state index >= 15 is 0 Å². The van der Waals surface area contributed by atoms with Crippen LogP contribution in [0.5, 0.6) is 0 Å². The van der Waals surface area contributed by atoms with E-state index in [1.807, 2.05) is 45.9 Å². The Hall–Kier alpha value is -11.2. The minimum Gasteiger partial charge on any atom is -0.371 e. The van der Waals surface area contributed by atoms with Crippen molar-refractivity contribution < 1.29 is 42.6 Å². The monoisotopic (exact) mass is 1430 g/mol. The van der Waals surface area contributed by atoms with Gasteiger partial charge in [-0.2, -0.15) is 10.5 Å². The molecule has 107 heavy (non-hydrogen) atoms. The van der Waals surface area contributed by atoms with Gasteiger partial charge in [0, 0.05) is 109 Å². The van der Waals surface area contributed by atoms with Crippen molar-refractivity contribution in [2.75, 3.05) is 58.9 Å². The Balaban J connectivity index is 0.000000171. The van der Waals surface area contributed by atoms with Crippen LogP contribution >= 0.6 is 0 Å². The zero-order chi connectivity index (χ0) is 74.6. The van der Waals surface area contributed by atoms with Crippen molar-refractivity contribution in [1.29, 1.82) is 10.5 Å². The molecule has 8 aliphatic rings. The maximum Gasteiger partial charge on any atom is 0.262 e. The fourth-order valence-electron chi connectivity index (χ4n) is 17.2. The van der Waals surface area contributed by atoms with E-state index in [0.29, 0.717) is 41.5 Å². The summed E-state index contributed by atoms with van der Waals surface area (Å²) in [5, 5.41) is 32.6. The minimum atomic E-state index is -0.974. The highest BCUT2D eigenvalue weighted by Crippen LogP contribution is 2.50. The van der Waals surface area contributed by atoms with Crippen LogP contribution in [0.1, 0.15) is 185 Å². The molecule has 7 amide bonds. The molecule has 6 aliphatic heterocycles. The molecule has 548 valence electrons. The first-order valence-corrected chi connectivity index (χ1v) is 38.0. The molecule has 0 spiro atoms. The maximum absolute atomic E-state index is 13.4. The number of fused-ring (bicyclic) bond motifs is 2. The number of benzene rings is 6. The molecule has 4 saturated heterocycles. The standard InChI is InChI=1S/C43H44N6O5.C43H46N6O4/c1-26-6-7-30(39-27(2)46-54-28(39)3)23-37(26)48(32-10-8-31(9-11-32)43(25-44)18-19-43)20-4-5-29-16-21-47(22-17-29)33-12-13-34-35(24-33)42(53)49(41(34)52)36-14-15-38(50)45-40(36)51;1-27-6-7-31(40-28(2)46-53-29(40)3)23-38(27)48(34-12-9-33(10-13-34)43(26-44)18-19-43)20-4-5-30-16-21-47(22-17-30)35-11-8-32-25-49(42(52)36(32)24-35)37-14-15-39(50)45-41(37)51/h6-13,23-24,29,36H,4-5,14-22H2,1-3H3,(H,45,50,51);6-13,23-24,30,37H,4-5,14-22,25H2,1-3H3,(H,45,50,51). The lowest BCUT2D eigenvalue weighted by Gasteiger charge is -2.34. The first kappa shape index (κ1) is 71.4. The van der Waals surface area contributed by atoms with E-state index in [9.17, 15) is 44.1 Å². The Labute approximate surface area is 623 Å². The van der Waals surface area contributed by atoms with E-state index in [1.54, 1.807) is 17.0 Å². The van der Waals surface area contributed by atoms with Crippen LogP contribution < -0.4 is 30.2 Å². The minimum absolute atomic E-state index is 0.0926. The molecular formula is C86H90N12O9. The van der Waals surface area contributed by atoms with Gasteiger partial charge in [0.2, 0.25) is 23.6 Å². The summed E-state index contributed by atoms with van der Waals surface area (Å²) in [6.07, 6.45) is 12.9. The number of nitrogens with zero attached hydrogens (tertiary/aromatic N) is 10. The van der Waals surface area contributed by atoms with E-state index in [-0.39, 0.29) is 53.7 Å². The van der Waals surface area contributed by atoms with Crippen LogP contribution in [-0.2, 0) is 36.6 Å². The van der Waals surface area contributed by atoms with Gasteiger partial charge in [0.15, 0.2) is 0 Å². The topological polar surface area (TPSA) is 263 Å². The number of anilines is 6. The number of carbonyl (C=O) groups is 7. The van der Waals surface area contributed by atoms with E-state index in [4.69, 9.17) is 9.05 Å². The van der Waals surface area contributed by atoms with Crippen molar-refractivity contribution >= 4 is 75.5 Å². The number of hydrogen-bond donors (Lipinski definition) is 2. The number of aryl methyl sites for hydroxylation is 6. The number of nitriles is 2. The predicted octanol–water partition coefficient (Wildman–Crippen LogP) is 14.5. The number of rotatable bonds is 20. The molecule has 0 radical (unpaired) electrons. The second-order valence-electron chi connectivity index (χ2n) is 30.7. The molecular weight excluding hydrogens is 1350 g/mol. The van der Waals surface area contributed by atoms with Gasteiger partial charge < -0.3 is 33.5 Å². The van der Waals surface area contributed by atoms with Gasteiger partial charge in [-0.1, -0.05) is 64.9 Å². The van der Waals surface area contributed by atoms with Gasteiger partial charge in [0.1, 0.15) is 23.6 Å². The Morgan fingerprint density at radius 2 is 0.935 bits per heavy atom. The van der Waals surface area contributed by atoms with Crippen LogP contribution in [0, 0.1) is 76.0 Å². The summed E-state index contributed by atoms with van der Waals surface area (Å²) in [4.78, 5) is 100. The van der Waals surface area contributed by atoms with Gasteiger partial charge in [-0.3, -0.25) is 49.1 Å². The quantitative estimate of drug-likeness (QED) is 0.0672. The van der Waals surface area contributed by atoms with Gasteiger partial charge >= 0.3 is 0 Å². The van der Waals surface area contributed by atoms with Crippen LogP contribution in [0.15, 0.2) is 130 Å². The third-order valence-electron chi connectivity index (χ3n) is 23.9. The zero-order valence-corrected chi connectivity index (χ0v) is 61.8. The van der Waals surface area contributed by atoms with Crippen molar-refractivity contribution in [1.82, 2.24) is 30.7 Å². The highest BCUT2D eigenvalue weighted by molar-refractivity contribution is 6.24. The molecule has 8 aromatic rings. The molecule has 2 aromatic heterocycles. The van der Waals surface area contributed by atoms with Gasteiger partial charge in [0.05, 0.1) is 45.5 Å². The molecule has 21 nitrogen and oxygen atoms in total. The largest absolute Gasteiger partial charge is 0.371 e. The van der Waals surface area contributed by atoms with E-state index in [1.165, 1.54) is 11.1 Å². The number of aromatic nitrogens is 2. The molecule has 0 bridgehead atoms. The summed E-state index contributed by atoms with van der Waals surface area (Å²) < 4.78 is 11.0. The zero-order valence-electron chi connectivity index (χ0n) is 61.8. The Bertz CT molecular complexity index is 4900. The van der Waals surface area contributed by atoms with Crippen molar-refractivity contribution in [3.05, 3.63) is 189 Å². The number of hydrogen-bond acceptors (Lipinski definition) is 17. The van der Waals surface area contributed by atoms with Gasteiger partial charge in [-0.15, -0.1) is 0 Å². The number of imide groups is 3. The molecule has 2 unspecified atom stereocenters. The first-order valence-electron chi connectivity index (χ1n) is 38.0. The highest BCUT2D eigenvalue weighted by Gasteiger charge is 2.48. The number of piperidine rings is 4. The number of amides is 7.